The van der Waals surface area contributed by atoms with Gasteiger partial charge in [0.25, 0.3) is 0 Å². The summed E-state index contributed by atoms with van der Waals surface area (Å²) in [5.74, 6) is -1.74. The van der Waals surface area contributed by atoms with E-state index in [-0.39, 0.29) is 24.5 Å². The number of phenolic OH excluding ortho intramolecular Hbond substituents is 1. The lowest BCUT2D eigenvalue weighted by Crippen LogP contribution is -2.44. The Kier molecular flexibility index (Phi) is 5.69. The van der Waals surface area contributed by atoms with Crippen molar-refractivity contribution in [2.24, 2.45) is 5.92 Å². The molecule has 3 N–H and O–H groups in total. The average molecular weight is 361 g/mol. The monoisotopic (exact) mass is 361 g/mol. The van der Waals surface area contributed by atoms with Crippen LogP contribution < -0.4 is 10.9 Å². The molecular weight excluding hydrogens is 338 g/mol. The molecule has 0 bridgehead atoms. The van der Waals surface area contributed by atoms with Crippen molar-refractivity contribution in [1.29, 1.82) is 0 Å². The number of phenols is 1. The minimum absolute atomic E-state index is 0.0231. The Balaban J connectivity index is 2.24. The van der Waals surface area contributed by atoms with E-state index in [9.17, 15) is 19.5 Å². The van der Waals surface area contributed by atoms with Gasteiger partial charge in [0.05, 0.1) is 0 Å². The van der Waals surface area contributed by atoms with Crippen LogP contribution >= 0.6 is 0 Å². The molecule has 0 aliphatic heterocycles. The third-order valence-electron chi connectivity index (χ3n) is 4.53. The van der Waals surface area contributed by atoms with E-state index < -0.39 is 23.5 Å². The predicted octanol–water partition coefficient (Wildman–Crippen LogP) is 2.27. The van der Waals surface area contributed by atoms with Crippen LogP contribution in [0.25, 0.3) is 11.0 Å². The fourth-order valence-electron chi connectivity index (χ4n) is 2.87. The Morgan fingerprint density at radius 2 is 1.85 bits per heavy atom. The first kappa shape index (κ1) is 19.5. The van der Waals surface area contributed by atoms with Crippen molar-refractivity contribution >= 4 is 22.8 Å². The van der Waals surface area contributed by atoms with E-state index in [2.05, 4.69) is 5.32 Å². The normalized spacial score (nSPS) is 12.3. The Bertz CT molecular complexity index is 912. The number of fused-ring (bicyclic) bond motifs is 1. The first-order valence-corrected chi connectivity index (χ1v) is 8.40. The number of aryl methyl sites for hydroxylation is 2. The predicted molar refractivity (Wildman–Crippen MR) is 96.3 cm³/mol. The number of carboxylic acid groups (broad SMARTS) is 1. The van der Waals surface area contributed by atoms with Gasteiger partial charge in [-0.05, 0) is 43.9 Å². The SMILES string of the molecule is Cc1c(CCC(=O)NC(C(=O)O)C(C)C)c(=O)oc2c(C)c(O)ccc12. The van der Waals surface area contributed by atoms with Crippen molar-refractivity contribution in [3.05, 3.63) is 39.2 Å². The summed E-state index contributed by atoms with van der Waals surface area (Å²) < 4.78 is 5.33. The van der Waals surface area contributed by atoms with Crippen LogP contribution in [0.3, 0.4) is 0 Å². The zero-order valence-corrected chi connectivity index (χ0v) is 15.3. The van der Waals surface area contributed by atoms with Crippen LogP contribution in [0, 0.1) is 19.8 Å². The minimum Gasteiger partial charge on any atom is -0.508 e. The van der Waals surface area contributed by atoms with Gasteiger partial charge in [0.2, 0.25) is 5.91 Å². The second kappa shape index (κ2) is 7.59. The lowest BCUT2D eigenvalue weighted by atomic mass is 10.00. The first-order valence-electron chi connectivity index (χ1n) is 8.40. The molecule has 0 spiro atoms. The van der Waals surface area contributed by atoms with E-state index in [1.807, 2.05) is 0 Å². The van der Waals surface area contributed by atoms with E-state index in [1.165, 1.54) is 6.07 Å². The highest BCUT2D eigenvalue weighted by Gasteiger charge is 2.23. The third kappa shape index (κ3) is 3.87. The molecule has 0 radical (unpaired) electrons. The quantitative estimate of drug-likeness (QED) is 0.680. The molecule has 2 aromatic rings. The lowest BCUT2D eigenvalue weighted by Gasteiger charge is -2.18. The van der Waals surface area contributed by atoms with E-state index >= 15 is 0 Å². The van der Waals surface area contributed by atoms with Gasteiger partial charge in [-0.2, -0.15) is 0 Å². The molecule has 0 aliphatic rings. The highest BCUT2D eigenvalue weighted by Crippen LogP contribution is 2.28. The van der Waals surface area contributed by atoms with Gasteiger partial charge in [0.1, 0.15) is 17.4 Å². The largest absolute Gasteiger partial charge is 0.508 e. The molecule has 7 heteroatoms. The molecule has 0 fully saturated rings. The van der Waals surface area contributed by atoms with Crippen molar-refractivity contribution in [3.8, 4) is 5.75 Å². The van der Waals surface area contributed by atoms with Crippen LogP contribution in [-0.4, -0.2) is 28.1 Å². The topological polar surface area (TPSA) is 117 Å². The summed E-state index contributed by atoms with van der Waals surface area (Å²) in [5, 5.41) is 22.1. The maximum atomic E-state index is 12.3. The standard InChI is InChI=1S/C19H23NO6/c1-9(2)16(18(23)24)20-15(22)8-6-13-10(3)12-5-7-14(21)11(4)17(12)26-19(13)25/h5,7,9,16,21H,6,8H2,1-4H3,(H,20,22)(H,23,24). The zero-order chi connectivity index (χ0) is 19.6. The zero-order valence-electron chi connectivity index (χ0n) is 15.3. The summed E-state index contributed by atoms with van der Waals surface area (Å²) in [6.45, 7) is 6.83. The van der Waals surface area contributed by atoms with Crippen LogP contribution in [0.15, 0.2) is 21.3 Å². The number of rotatable bonds is 6. The Labute approximate surface area is 150 Å². The Morgan fingerprint density at radius 1 is 1.19 bits per heavy atom. The first-order chi connectivity index (χ1) is 12.1. The molecule has 7 nitrogen and oxygen atoms in total. The third-order valence-corrected chi connectivity index (χ3v) is 4.53. The molecule has 1 unspecified atom stereocenters. The number of hydrogen-bond donors (Lipinski definition) is 3. The maximum absolute atomic E-state index is 12.3. The van der Waals surface area contributed by atoms with Gasteiger partial charge in [-0.25, -0.2) is 9.59 Å². The van der Waals surface area contributed by atoms with Crippen LogP contribution in [0.1, 0.15) is 37.0 Å². The summed E-state index contributed by atoms with van der Waals surface area (Å²) in [5.41, 5.74) is 1.30. The molecule has 1 aromatic carbocycles. The van der Waals surface area contributed by atoms with Crippen LogP contribution in [-0.2, 0) is 16.0 Å². The fraction of sp³-hybridized carbons (Fsp3) is 0.421. The highest BCUT2D eigenvalue weighted by atomic mass is 16.4. The summed E-state index contributed by atoms with van der Waals surface area (Å²) in [7, 11) is 0. The van der Waals surface area contributed by atoms with E-state index in [4.69, 9.17) is 9.52 Å². The molecule has 140 valence electrons. The molecule has 1 aromatic heterocycles. The van der Waals surface area contributed by atoms with Gasteiger partial charge in [-0.15, -0.1) is 0 Å². The molecule has 1 atom stereocenters. The number of aromatic hydroxyl groups is 1. The van der Waals surface area contributed by atoms with Gasteiger partial charge >= 0.3 is 11.6 Å². The average Bonchev–Trinajstić information content (AvgIpc) is 2.55. The van der Waals surface area contributed by atoms with Gasteiger partial charge in [-0.1, -0.05) is 13.8 Å². The number of carbonyl (C=O) groups excluding carboxylic acids is 1. The van der Waals surface area contributed by atoms with E-state index in [0.29, 0.717) is 27.7 Å². The Morgan fingerprint density at radius 3 is 2.42 bits per heavy atom. The van der Waals surface area contributed by atoms with E-state index in [1.54, 1.807) is 33.8 Å². The molecule has 0 saturated heterocycles. The number of nitrogens with one attached hydrogen (secondary N) is 1. The summed E-state index contributed by atoms with van der Waals surface area (Å²) in [6.07, 6.45) is 0.116. The summed E-state index contributed by atoms with van der Waals surface area (Å²) in [4.78, 5) is 35.5. The number of carbonyl (C=O) groups is 2. The van der Waals surface area contributed by atoms with Crippen LogP contribution in [0.5, 0.6) is 5.75 Å². The number of hydrogen-bond acceptors (Lipinski definition) is 5. The minimum atomic E-state index is -1.09. The molecule has 1 heterocycles. The maximum Gasteiger partial charge on any atom is 0.339 e. The van der Waals surface area contributed by atoms with Crippen molar-refractivity contribution in [3.63, 3.8) is 0 Å². The molecule has 1 amide bonds. The number of carboxylic acids is 1. The van der Waals surface area contributed by atoms with E-state index in [0.717, 1.165) is 0 Å². The van der Waals surface area contributed by atoms with Crippen LogP contribution in [0.4, 0.5) is 0 Å². The van der Waals surface area contributed by atoms with Crippen molar-refractivity contribution in [2.75, 3.05) is 0 Å². The lowest BCUT2D eigenvalue weighted by molar-refractivity contribution is -0.143. The smallest absolute Gasteiger partial charge is 0.339 e. The molecule has 26 heavy (non-hydrogen) atoms. The second-order valence-corrected chi connectivity index (χ2v) is 6.71. The van der Waals surface area contributed by atoms with Crippen molar-refractivity contribution in [1.82, 2.24) is 5.32 Å². The second-order valence-electron chi connectivity index (χ2n) is 6.71. The van der Waals surface area contributed by atoms with Gasteiger partial charge in [0.15, 0.2) is 0 Å². The highest BCUT2D eigenvalue weighted by molar-refractivity contribution is 5.86. The van der Waals surface area contributed by atoms with Crippen molar-refractivity contribution < 1.29 is 24.2 Å². The Hall–Kier alpha value is -2.83. The van der Waals surface area contributed by atoms with Gasteiger partial charge in [0, 0.05) is 22.9 Å². The summed E-state index contributed by atoms with van der Waals surface area (Å²) in [6, 6.07) is 2.22. The van der Waals surface area contributed by atoms with Gasteiger partial charge in [-0.3, -0.25) is 4.79 Å². The fourth-order valence-corrected chi connectivity index (χ4v) is 2.87. The van der Waals surface area contributed by atoms with Crippen LogP contribution in [0.2, 0.25) is 0 Å². The molecule has 2 rings (SSSR count). The summed E-state index contributed by atoms with van der Waals surface area (Å²) >= 11 is 0. The number of amides is 1. The molecular formula is C19H23NO6. The number of aliphatic carboxylic acids is 1. The molecule has 0 aliphatic carbocycles. The number of benzene rings is 1. The van der Waals surface area contributed by atoms with Crippen molar-refractivity contribution in [2.45, 2.75) is 46.6 Å². The van der Waals surface area contributed by atoms with Gasteiger partial charge < -0.3 is 19.9 Å². The molecule has 0 saturated carbocycles.